The Morgan fingerprint density at radius 2 is 1.40 bits per heavy atom. The fourth-order valence-corrected chi connectivity index (χ4v) is 5.17. The van der Waals surface area contributed by atoms with Crippen molar-refractivity contribution in [2.45, 2.75) is 32.8 Å². The van der Waals surface area contributed by atoms with Gasteiger partial charge < -0.3 is 30.2 Å². The Hall–Kier alpha value is -5.79. The maximum absolute atomic E-state index is 12.6. The normalized spacial score (nSPS) is 12.7. The van der Waals surface area contributed by atoms with Gasteiger partial charge >= 0.3 is 12.1 Å². The highest BCUT2D eigenvalue weighted by molar-refractivity contribution is 6.06. The quantitative estimate of drug-likeness (QED) is 0.130. The molecule has 0 radical (unpaired) electrons. The molecule has 52 heavy (non-hydrogen) atoms. The molecular formula is C38H41ClN6O7. The summed E-state index contributed by atoms with van der Waals surface area (Å²) < 4.78 is 15.3. The molecule has 3 amide bonds. The topological polar surface area (TPSA) is 175 Å². The van der Waals surface area contributed by atoms with E-state index in [2.05, 4.69) is 25.3 Å². The Kier molecular flexibility index (Phi) is 13.1. The van der Waals surface area contributed by atoms with Crippen LogP contribution in [0.25, 0.3) is 21.8 Å². The molecule has 4 N–H and O–H groups in total. The van der Waals surface area contributed by atoms with Crippen molar-refractivity contribution in [3.05, 3.63) is 102 Å². The number of halogens is 1. The molecule has 0 aliphatic carbocycles. The van der Waals surface area contributed by atoms with Crippen LogP contribution >= 0.6 is 12.4 Å². The van der Waals surface area contributed by atoms with Crippen molar-refractivity contribution in [1.29, 1.82) is 0 Å². The number of ether oxygens (including phenoxy) is 3. The second-order valence-electron chi connectivity index (χ2n) is 12.7. The summed E-state index contributed by atoms with van der Waals surface area (Å²) in [5.74, 6) is -0.754. The second kappa shape index (κ2) is 17.4. The zero-order valence-electron chi connectivity index (χ0n) is 29.3. The molecule has 1 fully saturated rings. The number of anilines is 3. The van der Waals surface area contributed by atoms with Crippen molar-refractivity contribution in [2.75, 3.05) is 49.8 Å². The molecule has 2 aromatic heterocycles. The van der Waals surface area contributed by atoms with Crippen molar-refractivity contribution < 1.29 is 33.4 Å². The number of carbonyl (C=O) groups is 4. The maximum Gasteiger partial charge on any atom is 0.412 e. The maximum atomic E-state index is 12.6. The largest absolute Gasteiger partial charge is 0.465 e. The third-order valence-electron chi connectivity index (χ3n) is 7.61. The zero-order chi connectivity index (χ0) is 36.5. The molecule has 0 atom stereocenters. The van der Waals surface area contributed by atoms with Crippen molar-refractivity contribution >= 4 is 75.2 Å². The van der Waals surface area contributed by atoms with E-state index in [-0.39, 0.29) is 24.2 Å². The van der Waals surface area contributed by atoms with Crippen LogP contribution in [-0.4, -0.2) is 77.8 Å². The molecule has 13 nitrogen and oxygen atoms in total. The first-order valence-corrected chi connectivity index (χ1v) is 16.3. The predicted molar refractivity (Wildman–Crippen MR) is 202 cm³/mol. The molecule has 1 aliphatic rings. The number of nitrogens with two attached hydrogens (primary N) is 1. The van der Waals surface area contributed by atoms with E-state index in [9.17, 15) is 19.2 Å². The lowest BCUT2D eigenvalue weighted by atomic mass is 10.1. The van der Waals surface area contributed by atoms with Gasteiger partial charge in [-0.1, -0.05) is 0 Å². The number of nitrogens with zero attached hydrogens (tertiary/aromatic N) is 3. The van der Waals surface area contributed by atoms with Gasteiger partial charge in [-0.05, 0) is 100.0 Å². The van der Waals surface area contributed by atoms with Crippen LogP contribution in [0, 0.1) is 0 Å². The summed E-state index contributed by atoms with van der Waals surface area (Å²) in [5.41, 5.74) is 9.89. The Balaban J connectivity index is 0.000000237. The third kappa shape index (κ3) is 10.6. The zero-order valence-corrected chi connectivity index (χ0v) is 30.1. The van der Waals surface area contributed by atoms with Crippen LogP contribution in [0.15, 0.2) is 85.2 Å². The number of amides is 3. The minimum Gasteiger partial charge on any atom is -0.465 e. The Morgan fingerprint density at radius 3 is 2.10 bits per heavy atom. The van der Waals surface area contributed by atoms with Crippen LogP contribution < -0.4 is 16.4 Å². The molecule has 1 saturated heterocycles. The van der Waals surface area contributed by atoms with E-state index in [0.717, 1.165) is 22.7 Å². The molecule has 272 valence electrons. The molecule has 0 spiro atoms. The number of methoxy groups -OCH3 is 1. The highest BCUT2D eigenvalue weighted by atomic mass is 35.5. The summed E-state index contributed by atoms with van der Waals surface area (Å²) in [6, 6.07) is 20.9. The van der Waals surface area contributed by atoms with Crippen molar-refractivity contribution in [3.63, 3.8) is 0 Å². The first-order chi connectivity index (χ1) is 24.4. The van der Waals surface area contributed by atoms with E-state index in [1.807, 2.05) is 6.07 Å². The van der Waals surface area contributed by atoms with Gasteiger partial charge in [-0.2, -0.15) is 0 Å². The molecule has 0 bridgehead atoms. The van der Waals surface area contributed by atoms with Gasteiger partial charge in [-0.25, -0.2) is 9.59 Å². The lowest BCUT2D eigenvalue weighted by Crippen LogP contribution is -2.33. The van der Waals surface area contributed by atoms with Gasteiger partial charge in [0.05, 0.1) is 35.9 Å². The van der Waals surface area contributed by atoms with Crippen LogP contribution in [-0.2, 0) is 14.2 Å². The number of nitrogens with one attached hydrogen (secondary N) is 2. The minimum atomic E-state index is -0.569. The van der Waals surface area contributed by atoms with Crippen molar-refractivity contribution in [3.8, 4) is 0 Å². The van der Waals surface area contributed by atoms with E-state index < -0.39 is 17.7 Å². The minimum absolute atomic E-state index is 0. The number of rotatable bonds is 5. The average molecular weight is 729 g/mol. The number of nitrogen functional groups attached to an aromatic ring is 1. The Bertz CT molecular complexity index is 2060. The fraction of sp³-hybridized carbons (Fsp3) is 0.263. The molecule has 14 heteroatoms. The number of pyridine rings is 2. The molecule has 0 unspecified atom stereocenters. The van der Waals surface area contributed by atoms with Gasteiger partial charge in [-0.15, -0.1) is 12.4 Å². The number of fused-ring (bicyclic) bond motifs is 2. The van der Waals surface area contributed by atoms with Gasteiger partial charge in [0.1, 0.15) is 5.60 Å². The third-order valence-corrected chi connectivity index (χ3v) is 7.61. The molecule has 3 heterocycles. The molecule has 0 saturated carbocycles. The number of hydrogen-bond donors (Lipinski definition) is 3. The number of carbonyl (C=O) groups excluding carboxylic acids is 4. The van der Waals surface area contributed by atoms with Crippen LogP contribution in [0.1, 0.15) is 58.3 Å². The van der Waals surface area contributed by atoms with E-state index in [0.29, 0.717) is 65.6 Å². The standard InChI is InChI=1S/C22H22N4O3.C16H18N2O4.ClH/c23-18-4-7-20-16(13-18)12-17(14-24-20)21(27)25-19-5-2-15(3-6-19)22(28)26-8-1-10-29-11-9-26;1-16(2,3)22-15(20)18-12-5-6-13-10(8-12)7-11(9-17-13)14(19)21-4;/h2-7,12-14H,1,8-11,23H2,(H,25,27);5-9H,1-4H3,(H,18,20);1H. The Morgan fingerprint density at radius 1 is 0.769 bits per heavy atom. The lowest BCUT2D eigenvalue weighted by Gasteiger charge is -2.19. The summed E-state index contributed by atoms with van der Waals surface area (Å²) in [6.07, 6.45) is 3.29. The van der Waals surface area contributed by atoms with Gasteiger partial charge in [0.2, 0.25) is 0 Å². The van der Waals surface area contributed by atoms with E-state index in [1.54, 1.807) is 92.4 Å². The van der Waals surface area contributed by atoms with Crippen LogP contribution in [0.5, 0.6) is 0 Å². The highest BCUT2D eigenvalue weighted by Gasteiger charge is 2.18. The summed E-state index contributed by atoms with van der Waals surface area (Å²) in [7, 11) is 1.31. The Labute approximate surface area is 307 Å². The van der Waals surface area contributed by atoms with E-state index >= 15 is 0 Å². The van der Waals surface area contributed by atoms with Gasteiger partial charge in [-0.3, -0.25) is 24.9 Å². The SMILES string of the molecule is COC(=O)c1cnc2ccc(NC(=O)OC(C)(C)C)cc2c1.Cl.Nc1ccc2ncc(C(=O)Nc3ccc(C(=O)N4CCCOCC4)cc3)cc2c1. The van der Waals surface area contributed by atoms with Gasteiger partial charge in [0, 0.05) is 65.5 Å². The van der Waals surface area contributed by atoms with Crippen LogP contribution in [0.4, 0.5) is 21.9 Å². The summed E-state index contributed by atoms with van der Waals surface area (Å²) in [6.45, 7) is 7.91. The number of aromatic nitrogens is 2. The average Bonchev–Trinajstić information content (AvgIpc) is 3.40. The fourth-order valence-electron chi connectivity index (χ4n) is 5.17. The molecule has 6 rings (SSSR count). The number of hydrogen-bond acceptors (Lipinski definition) is 10. The van der Waals surface area contributed by atoms with Crippen molar-refractivity contribution in [2.24, 2.45) is 0 Å². The number of benzene rings is 3. The molecule has 3 aromatic carbocycles. The van der Waals surface area contributed by atoms with E-state index in [4.69, 9.17) is 15.2 Å². The highest BCUT2D eigenvalue weighted by Crippen LogP contribution is 2.21. The predicted octanol–water partition coefficient (Wildman–Crippen LogP) is 6.72. The molecule has 1 aliphatic heterocycles. The summed E-state index contributed by atoms with van der Waals surface area (Å²) in [5, 5.41) is 7.01. The molecule has 5 aromatic rings. The summed E-state index contributed by atoms with van der Waals surface area (Å²) >= 11 is 0. The van der Waals surface area contributed by atoms with Crippen molar-refractivity contribution in [1.82, 2.24) is 14.9 Å². The second-order valence-corrected chi connectivity index (χ2v) is 12.7. The molecular weight excluding hydrogens is 688 g/mol. The van der Waals surface area contributed by atoms with Gasteiger partial charge in [0.25, 0.3) is 11.8 Å². The van der Waals surface area contributed by atoms with Gasteiger partial charge in [0.15, 0.2) is 0 Å². The summed E-state index contributed by atoms with van der Waals surface area (Å²) in [4.78, 5) is 58.8. The van der Waals surface area contributed by atoms with Crippen LogP contribution in [0.3, 0.4) is 0 Å². The first kappa shape index (κ1) is 39.0. The smallest absolute Gasteiger partial charge is 0.412 e. The monoisotopic (exact) mass is 728 g/mol. The number of esters is 1. The van der Waals surface area contributed by atoms with E-state index in [1.165, 1.54) is 19.5 Å². The van der Waals surface area contributed by atoms with Crippen LogP contribution in [0.2, 0.25) is 0 Å². The first-order valence-electron chi connectivity index (χ1n) is 16.3. The lowest BCUT2D eigenvalue weighted by molar-refractivity contribution is 0.0597.